The molecule has 0 unspecified atom stereocenters. The maximum absolute atomic E-state index is 3.69. The molecule has 0 N–H and O–H groups in total. The zero-order chi connectivity index (χ0) is 20.1. The highest BCUT2D eigenvalue weighted by molar-refractivity contribution is 9.10. The monoisotopic (exact) mass is 464 g/mol. The second-order valence-electron chi connectivity index (χ2n) is 7.47. The van der Waals surface area contributed by atoms with Gasteiger partial charge in [0.25, 0.3) is 0 Å². The number of hydrogen-bond acceptors (Lipinski definition) is 1. The summed E-state index contributed by atoms with van der Waals surface area (Å²) >= 11 is 5.58. The van der Waals surface area contributed by atoms with E-state index in [9.17, 15) is 0 Å². The van der Waals surface area contributed by atoms with Gasteiger partial charge in [0.2, 0.25) is 0 Å². The number of rotatable bonds is 2. The van der Waals surface area contributed by atoms with Crippen LogP contribution in [0.3, 0.4) is 0 Å². The summed E-state index contributed by atoms with van der Waals surface area (Å²) in [5, 5.41) is 5.29. The zero-order valence-electron chi connectivity index (χ0n) is 16.1. The van der Waals surface area contributed by atoms with E-state index in [4.69, 9.17) is 0 Å². The van der Waals surface area contributed by atoms with Gasteiger partial charge in [0.05, 0.1) is 0 Å². The lowest BCUT2D eigenvalue weighted by molar-refractivity contribution is 1.64. The van der Waals surface area contributed by atoms with Gasteiger partial charge in [0.15, 0.2) is 0 Å². The maximum atomic E-state index is 3.69. The van der Waals surface area contributed by atoms with Crippen molar-refractivity contribution in [1.29, 1.82) is 0 Å². The second kappa shape index (κ2) is 7.09. The van der Waals surface area contributed by atoms with Gasteiger partial charge in [0, 0.05) is 30.2 Å². The average molecular weight is 465 g/mol. The lowest BCUT2D eigenvalue weighted by Gasteiger charge is -2.16. The summed E-state index contributed by atoms with van der Waals surface area (Å²) in [5.41, 5.74) is 5.16. The summed E-state index contributed by atoms with van der Waals surface area (Å²) in [6.45, 7) is 0. The van der Waals surface area contributed by atoms with E-state index in [1.807, 2.05) is 11.3 Å². The molecule has 0 aliphatic rings. The Morgan fingerprint density at radius 3 is 1.83 bits per heavy atom. The van der Waals surface area contributed by atoms with Crippen molar-refractivity contribution in [3.05, 3.63) is 108 Å². The fourth-order valence-corrected chi connectivity index (χ4v) is 6.10. The van der Waals surface area contributed by atoms with Crippen molar-refractivity contribution in [2.45, 2.75) is 0 Å². The summed E-state index contributed by atoms with van der Waals surface area (Å²) in [5.74, 6) is 0. The van der Waals surface area contributed by atoms with Crippen molar-refractivity contribution in [3.8, 4) is 22.3 Å². The molecule has 1 heterocycles. The lowest BCUT2D eigenvalue weighted by atomic mass is 9.87. The molecule has 6 aromatic rings. The first-order valence-electron chi connectivity index (χ1n) is 9.98. The molecular formula is C28H17BrS. The normalized spacial score (nSPS) is 11.5. The Balaban J connectivity index is 1.92. The van der Waals surface area contributed by atoms with E-state index in [0.29, 0.717) is 0 Å². The number of thiophene rings is 1. The second-order valence-corrected chi connectivity index (χ2v) is 9.44. The van der Waals surface area contributed by atoms with Gasteiger partial charge in [-0.3, -0.25) is 0 Å². The molecule has 5 aromatic carbocycles. The molecule has 0 atom stereocenters. The van der Waals surface area contributed by atoms with Crippen molar-refractivity contribution in [1.82, 2.24) is 0 Å². The van der Waals surface area contributed by atoms with Gasteiger partial charge in [-0.2, -0.15) is 0 Å². The molecule has 0 spiro atoms. The topological polar surface area (TPSA) is 0 Å². The molecule has 0 fully saturated rings. The summed E-state index contributed by atoms with van der Waals surface area (Å²) in [6, 6.07) is 37.1. The van der Waals surface area contributed by atoms with Crippen LogP contribution in [0.15, 0.2) is 108 Å². The molecule has 6 rings (SSSR count). The van der Waals surface area contributed by atoms with Gasteiger partial charge in [-0.1, -0.05) is 101 Å². The minimum atomic E-state index is 1.12. The first kappa shape index (κ1) is 17.9. The minimum absolute atomic E-state index is 1.12. The maximum Gasteiger partial charge on any atom is 0.0446 e. The molecule has 0 saturated carbocycles. The van der Waals surface area contributed by atoms with Crippen LogP contribution in [0.25, 0.3) is 53.2 Å². The molecule has 0 radical (unpaired) electrons. The Kier molecular flexibility index (Phi) is 4.22. The quantitative estimate of drug-likeness (QED) is 0.239. The van der Waals surface area contributed by atoms with Gasteiger partial charge in [-0.25, -0.2) is 0 Å². The first-order chi connectivity index (χ1) is 14.8. The predicted molar refractivity (Wildman–Crippen MR) is 135 cm³/mol. The van der Waals surface area contributed by atoms with E-state index in [1.54, 1.807) is 0 Å². The minimum Gasteiger partial charge on any atom is -0.134 e. The highest BCUT2D eigenvalue weighted by Crippen LogP contribution is 2.49. The molecule has 2 heteroatoms. The average Bonchev–Trinajstić information content (AvgIpc) is 3.18. The van der Waals surface area contributed by atoms with E-state index < -0.39 is 0 Å². The van der Waals surface area contributed by atoms with Crippen molar-refractivity contribution in [2.75, 3.05) is 0 Å². The molecule has 142 valence electrons. The molecule has 0 bridgehead atoms. The fraction of sp³-hybridized carbons (Fsp3) is 0. The van der Waals surface area contributed by atoms with E-state index >= 15 is 0 Å². The largest absolute Gasteiger partial charge is 0.134 e. The molecule has 0 amide bonds. The Morgan fingerprint density at radius 2 is 1.13 bits per heavy atom. The first-order valence-corrected chi connectivity index (χ1v) is 11.6. The number of halogens is 1. The van der Waals surface area contributed by atoms with Crippen LogP contribution in [0.2, 0.25) is 0 Å². The van der Waals surface area contributed by atoms with Gasteiger partial charge >= 0.3 is 0 Å². The predicted octanol–water partition coefficient (Wildman–Crippen LogP) is 9.30. The third-order valence-corrected chi connectivity index (χ3v) is 7.40. The molecule has 30 heavy (non-hydrogen) atoms. The van der Waals surface area contributed by atoms with Crippen molar-refractivity contribution in [2.24, 2.45) is 0 Å². The van der Waals surface area contributed by atoms with Crippen LogP contribution >= 0.6 is 27.3 Å². The van der Waals surface area contributed by atoms with Crippen LogP contribution in [0, 0.1) is 0 Å². The molecule has 0 nitrogen and oxygen atoms in total. The van der Waals surface area contributed by atoms with Gasteiger partial charge in [-0.15, -0.1) is 11.3 Å². The summed E-state index contributed by atoms with van der Waals surface area (Å²) in [7, 11) is 0. The molecule has 1 aromatic heterocycles. The van der Waals surface area contributed by atoms with Crippen molar-refractivity contribution < 1.29 is 0 Å². The summed E-state index contributed by atoms with van der Waals surface area (Å²) in [4.78, 5) is 0. The smallest absolute Gasteiger partial charge is 0.0446 e. The van der Waals surface area contributed by atoms with E-state index in [1.165, 1.54) is 53.2 Å². The van der Waals surface area contributed by atoms with Crippen LogP contribution in [0.4, 0.5) is 0 Å². The van der Waals surface area contributed by atoms with E-state index in [2.05, 4.69) is 119 Å². The van der Waals surface area contributed by atoms with Gasteiger partial charge in [0.1, 0.15) is 0 Å². The lowest BCUT2D eigenvalue weighted by Crippen LogP contribution is -1.89. The van der Waals surface area contributed by atoms with Crippen molar-refractivity contribution in [3.63, 3.8) is 0 Å². The van der Waals surface area contributed by atoms with Crippen LogP contribution in [0.1, 0.15) is 0 Å². The zero-order valence-corrected chi connectivity index (χ0v) is 18.5. The van der Waals surface area contributed by atoms with Crippen LogP contribution < -0.4 is 0 Å². The van der Waals surface area contributed by atoms with E-state index in [0.717, 1.165) is 4.47 Å². The van der Waals surface area contributed by atoms with Crippen LogP contribution in [0.5, 0.6) is 0 Å². The summed E-state index contributed by atoms with van der Waals surface area (Å²) in [6.07, 6.45) is 0. The van der Waals surface area contributed by atoms with Gasteiger partial charge < -0.3 is 0 Å². The third-order valence-electron chi connectivity index (χ3n) is 5.72. The highest BCUT2D eigenvalue weighted by atomic mass is 79.9. The van der Waals surface area contributed by atoms with E-state index in [-0.39, 0.29) is 0 Å². The number of benzene rings is 5. The fourth-order valence-electron chi connectivity index (χ4n) is 4.47. The molecule has 0 saturated heterocycles. The highest BCUT2D eigenvalue weighted by Gasteiger charge is 2.20. The Hall–Kier alpha value is -2.94. The molecular weight excluding hydrogens is 448 g/mol. The Labute approximate surface area is 187 Å². The van der Waals surface area contributed by atoms with Crippen LogP contribution in [-0.2, 0) is 0 Å². The molecule has 0 aliphatic carbocycles. The van der Waals surface area contributed by atoms with Crippen molar-refractivity contribution >= 4 is 58.2 Å². The Bertz CT molecular complexity index is 1530. The molecule has 0 aliphatic heterocycles. The standard InChI is InChI=1S/C28H17BrS/c29-20-15-16-24-23(17-20)27-22-14-8-7-13-21(22)25(18-9-3-1-4-10-18)26(28(27)30-24)19-11-5-2-6-12-19/h1-17H. The number of hydrogen-bond donors (Lipinski definition) is 0. The SMILES string of the molecule is Brc1ccc2sc3c(-c4ccccc4)c(-c4ccccc4)c4ccccc4c3c2c1. The third kappa shape index (κ3) is 2.72. The summed E-state index contributed by atoms with van der Waals surface area (Å²) < 4.78 is 3.79. The van der Waals surface area contributed by atoms with Gasteiger partial charge in [-0.05, 0) is 45.7 Å². The Morgan fingerprint density at radius 1 is 0.533 bits per heavy atom. The van der Waals surface area contributed by atoms with Crippen LogP contribution in [-0.4, -0.2) is 0 Å². The number of fused-ring (bicyclic) bond motifs is 5.